The van der Waals surface area contributed by atoms with Gasteiger partial charge in [0.05, 0.1) is 0 Å². The van der Waals surface area contributed by atoms with Crippen molar-refractivity contribution in [3.05, 3.63) is 45.2 Å². The number of likely N-dealkylation sites (N-methyl/N-ethyl adjacent to an activating group) is 1. The summed E-state index contributed by atoms with van der Waals surface area (Å²) in [7, 11) is 2.10. The Kier molecular flexibility index (Phi) is 5.02. The van der Waals surface area contributed by atoms with E-state index in [1.807, 2.05) is 6.07 Å². The van der Waals surface area contributed by atoms with Gasteiger partial charge in [0.25, 0.3) is 0 Å². The Morgan fingerprint density at radius 2 is 2.17 bits per heavy atom. The van der Waals surface area contributed by atoms with Crippen molar-refractivity contribution >= 4 is 22.5 Å². The van der Waals surface area contributed by atoms with Crippen LogP contribution >= 0.6 is 11.6 Å². The van der Waals surface area contributed by atoms with E-state index in [4.69, 9.17) is 11.6 Å². The van der Waals surface area contributed by atoms with Crippen LogP contribution in [0.3, 0.4) is 0 Å². The van der Waals surface area contributed by atoms with Gasteiger partial charge >= 0.3 is 0 Å². The number of aliphatic hydroxyl groups is 1. The Balaban J connectivity index is 1.79. The molecule has 1 fully saturated rings. The number of hydrogen-bond donors (Lipinski definition) is 2. The summed E-state index contributed by atoms with van der Waals surface area (Å²) in [6.45, 7) is 3.74. The van der Waals surface area contributed by atoms with Crippen molar-refractivity contribution in [2.24, 2.45) is 0 Å². The number of nitrogens with one attached hydrogen (secondary N) is 1. The van der Waals surface area contributed by atoms with Gasteiger partial charge in [0.15, 0.2) is 5.43 Å². The zero-order chi connectivity index (χ0) is 16.4. The van der Waals surface area contributed by atoms with Gasteiger partial charge < -0.3 is 15.0 Å². The van der Waals surface area contributed by atoms with E-state index < -0.39 is 0 Å². The zero-order valence-corrected chi connectivity index (χ0v) is 14.0. The maximum Gasteiger partial charge on any atom is 0.189 e. The number of rotatable bonds is 4. The van der Waals surface area contributed by atoms with Crippen LogP contribution in [0.4, 0.5) is 0 Å². The molecule has 0 aliphatic carbocycles. The molecule has 5 nitrogen and oxygen atoms in total. The summed E-state index contributed by atoms with van der Waals surface area (Å²) in [4.78, 5) is 20.2. The number of nitrogens with zero attached hydrogens (tertiary/aromatic N) is 2. The Morgan fingerprint density at radius 3 is 2.96 bits per heavy atom. The lowest BCUT2D eigenvalue weighted by atomic mass is 10.1. The van der Waals surface area contributed by atoms with Crippen LogP contribution < -0.4 is 5.43 Å². The first-order valence-corrected chi connectivity index (χ1v) is 8.29. The van der Waals surface area contributed by atoms with Crippen LogP contribution in [0.1, 0.15) is 12.1 Å². The molecule has 23 heavy (non-hydrogen) atoms. The minimum atomic E-state index is -0.00251. The molecule has 6 heteroatoms. The summed E-state index contributed by atoms with van der Waals surface area (Å²) < 4.78 is 0. The quantitative estimate of drug-likeness (QED) is 0.892. The molecule has 1 atom stereocenters. The number of H-pyrrole nitrogens is 1. The Labute approximate surface area is 140 Å². The van der Waals surface area contributed by atoms with Crippen molar-refractivity contribution in [1.29, 1.82) is 0 Å². The summed E-state index contributed by atoms with van der Waals surface area (Å²) in [6, 6.07) is 7.36. The van der Waals surface area contributed by atoms with Crippen LogP contribution in [-0.2, 0) is 6.54 Å². The fraction of sp³-hybridized carbons (Fsp3) is 0.471. The summed E-state index contributed by atoms with van der Waals surface area (Å²) in [5.41, 5.74) is 1.73. The van der Waals surface area contributed by atoms with Gasteiger partial charge in [0.1, 0.15) is 0 Å². The Bertz CT molecular complexity index is 746. The molecule has 3 rings (SSSR count). The van der Waals surface area contributed by atoms with E-state index in [1.165, 1.54) is 0 Å². The number of aromatic nitrogens is 1. The molecule has 0 radical (unpaired) electrons. The van der Waals surface area contributed by atoms with Crippen LogP contribution in [-0.4, -0.2) is 59.2 Å². The van der Waals surface area contributed by atoms with Gasteiger partial charge in [-0.15, -0.1) is 0 Å². The summed E-state index contributed by atoms with van der Waals surface area (Å²) >= 11 is 5.96. The van der Waals surface area contributed by atoms with Crippen molar-refractivity contribution < 1.29 is 5.11 Å². The molecule has 0 amide bonds. The number of aliphatic hydroxyl groups excluding tert-OH is 1. The molecule has 1 saturated heterocycles. The number of pyridine rings is 1. The molecule has 0 bridgehead atoms. The fourth-order valence-electron chi connectivity index (χ4n) is 3.22. The second kappa shape index (κ2) is 7.01. The predicted octanol–water partition coefficient (Wildman–Crippen LogP) is 1.68. The highest BCUT2D eigenvalue weighted by molar-refractivity contribution is 6.31. The van der Waals surface area contributed by atoms with Gasteiger partial charge in [-0.3, -0.25) is 9.69 Å². The average molecular weight is 336 g/mol. The maximum absolute atomic E-state index is 12.3. The van der Waals surface area contributed by atoms with Gasteiger partial charge in [-0.25, -0.2) is 0 Å². The van der Waals surface area contributed by atoms with E-state index in [0.29, 0.717) is 23.0 Å². The van der Waals surface area contributed by atoms with Gasteiger partial charge in [-0.2, -0.15) is 0 Å². The second-order valence-corrected chi connectivity index (χ2v) is 6.67. The molecule has 2 heterocycles. The van der Waals surface area contributed by atoms with Crippen molar-refractivity contribution in [3.8, 4) is 0 Å². The van der Waals surface area contributed by atoms with Crippen LogP contribution in [0.5, 0.6) is 0 Å². The SMILES string of the molecule is CN1CCN(Cc2cc(=O)c3cc(Cl)ccc3[nH]2)C[C@@H]1CCO. The lowest BCUT2D eigenvalue weighted by Gasteiger charge is -2.39. The molecule has 2 N–H and O–H groups in total. The third kappa shape index (κ3) is 3.75. The molecule has 2 aromatic rings. The molecule has 124 valence electrons. The van der Waals surface area contributed by atoms with Crippen LogP contribution in [0, 0.1) is 0 Å². The number of benzene rings is 1. The van der Waals surface area contributed by atoms with E-state index in [1.54, 1.807) is 18.2 Å². The molecular weight excluding hydrogens is 314 g/mol. The van der Waals surface area contributed by atoms with E-state index in [-0.39, 0.29) is 12.0 Å². The Hall–Kier alpha value is -1.40. The van der Waals surface area contributed by atoms with Crippen molar-refractivity contribution in [2.45, 2.75) is 19.0 Å². The minimum absolute atomic E-state index is 0.00251. The fourth-order valence-corrected chi connectivity index (χ4v) is 3.39. The highest BCUT2D eigenvalue weighted by atomic mass is 35.5. The molecule has 1 aliphatic rings. The van der Waals surface area contributed by atoms with Crippen LogP contribution in [0.25, 0.3) is 10.9 Å². The first-order chi connectivity index (χ1) is 11.1. The highest BCUT2D eigenvalue weighted by Gasteiger charge is 2.24. The lowest BCUT2D eigenvalue weighted by molar-refractivity contribution is 0.0736. The predicted molar refractivity (Wildman–Crippen MR) is 93.0 cm³/mol. The molecular formula is C17H22ClN3O2. The van der Waals surface area contributed by atoms with E-state index >= 15 is 0 Å². The van der Waals surface area contributed by atoms with Crippen LogP contribution in [0.15, 0.2) is 29.1 Å². The smallest absolute Gasteiger partial charge is 0.189 e. The molecule has 0 spiro atoms. The first kappa shape index (κ1) is 16.5. The number of hydrogen-bond acceptors (Lipinski definition) is 4. The standard InChI is InChI=1S/C17H22ClN3O2/c1-20-5-6-21(11-14(20)4-7-22)10-13-9-17(23)15-8-12(18)2-3-16(15)19-13/h2-3,8-9,14,22H,4-7,10-11H2,1H3,(H,19,23)/t14-/m0/s1. The van der Waals surface area contributed by atoms with Crippen molar-refractivity contribution in [2.75, 3.05) is 33.3 Å². The van der Waals surface area contributed by atoms with Crippen molar-refractivity contribution in [3.63, 3.8) is 0 Å². The minimum Gasteiger partial charge on any atom is -0.396 e. The van der Waals surface area contributed by atoms with Gasteiger partial charge in [-0.1, -0.05) is 11.6 Å². The van der Waals surface area contributed by atoms with Gasteiger partial charge in [-0.05, 0) is 31.7 Å². The maximum atomic E-state index is 12.3. The number of halogens is 1. The second-order valence-electron chi connectivity index (χ2n) is 6.23. The van der Waals surface area contributed by atoms with Crippen molar-refractivity contribution in [1.82, 2.24) is 14.8 Å². The normalized spacial score (nSPS) is 20.2. The van der Waals surface area contributed by atoms with Crippen LogP contribution in [0.2, 0.25) is 5.02 Å². The summed E-state index contributed by atoms with van der Waals surface area (Å²) in [6.07, 6.45) is 0.778. The summed E-state index contributed by atoms with van der Waals surface area (Å²) in [5.74, 6) is 0. The highest BCUT2D eigenvalue weighted by Crippen LogP contribution is 2.17. The molecule has 1 aromatic carbocycles. The average Bonchev–Trinajstić information content (AvgIpc) is 2.52. The first-order valence-electron chi connectivity index (χ1n) is 7.92. The Morgan fingerprint density at radius 1 is 1.35 bits per heavy atom. The number of piperazine rings is 1. The molecule has 1 aliphatic heterocycles. The topological polar surface area (TPSA) is 59.6 Å². The van der Waals surface area contributed by atoms with E-state index in [9.17, 15) is 9.90 Å². The molecule has 1 aromatic heterocycles. The molecule has 0 saturated carbocycles. The number of fused-ring (bicyclic) bond motifs is 1. The van der Waals surface area contributed by atoms with E-state index in [2.05, 4.69) is 21.8 Å². The lowest BCUT2D eigenvalue weighted by Crippen LogP contribution is -2.51. The zero-order valence-electron chi connectivity index (χ0n) is 13.3. The third-order valence-electron chi connectivity index (χ3n) is 4.57. The third-order valence-corrected chi connectivity index (χ3v) is 4.80. The summed E-state index contributed by atoms with van der Waals surface area (Å²) in [5, 5.41) is 10.4. The van der Waals surface area contributed by atoms with Gasteiger partial charge in [0.2, 0.25) is 0 Å². The monoisotopic (exact) mass is 335 g/mol. The molecule has 0 unspecified atom stereocenters. The van der Waals surface area contributed by atoms with Gasteiger partial charge in [0, 0.05) is 66.5 Å². The largest absolute Gasteiger partial charge is 0.396 e. The number of aromatic amines is 1. The van der Waals surface area contributed by atoms with E-state index in [0.717, 1.165) is 37.3 Å².